The van der Waals surface area contributed by atoms with E-state index in [-0.39, 0.29) is 11.4 Å². The Morgan fingerprint density at radius 3 is 2.81 bits per heavy atom. The van der Waals surface area contributed by atoms with Crippen LogP contribution in [-0.2, 0) is 15.0 Å². The van der Waals surface area contributed by atoms with E-state index in [9.17, 15) is 13.2 Å². The maximum absolute atomic E-state index is 11.3. The third kappa shape index (κ3) is 2.12. The van der Waals surface area contributed by atoms with Crippen molar-refractivity contribution >= 4 is 33.2 Å². The molecule has 0 unspecified atom stereocenters. The van der Waals surface area contributed by atoms with Crippen molar-refractivity contribution < 1.29 is 13.2 Å². The van der Waals surface area contributed by atoms with Crippen LogP contribution in [0, 0.1) is 0 Å². The summed E-state index contributed by atoms with van der Waals surface area (Å²) >= 11 is 1.32. The lowest BCUT2D eigenvalue weighted by Crippen LogP contribution is -2.34. The number of allylic oxidation sites excluding steroid dienone is 1. The molecule has 6 nitrogen and oxygen atoms in total. The summed E-state index contributed by atoms with van der Waals surface area (Å²) in [5, 5.41) is 1.78. The van der Waals surface area contributed by atoms with E-state index in [0.717, 1.165) is 0 Å². The number of rotatable bonds is 2. The normalized spacial score (nSPS) is 18.2. The number of amides is 1. The molecule has 0 saturated carbocycles. The Labute approximate surface area is 95.7 Å². The zero-order chi connectivity index (χ0) is 11.8. The van der Waals surface area contributed by atoms with Crippen molar-refractivity contribution in [1.29, 1.82) is 0 Å². The Balaban J connectivity index is 2.52. The molecule has 8 heteroatoms. The molecule has 1 aliphatic heterocycles. The molecule has 1 aromatic heterocycles. The fraction of sp³-hybridized carbons (Fsp3) is 0. The van der Waals surface area contributed by atoms with Gasteiger partial charge in [0.1, 0.15) is 5.70 Å². The summed E-state index contributed by atoms with van der Waals surface area (Å²) in [6.07, 6.45) is 1.31. The summed E-state index contributed by atoms with van der Waals surface area (Å²) in [5.41, 5.74) is 5.05. The summed E-state index contributed by atoms with van der Waals surface area (Å²) in [5.74, 6) is -0.840. The van der Waals surface area contributed by atoms with Crippen LogP contribution in [0.5, 0.6) is 0 Å². The number of primary amides is 1. The predicted molar refractivity (Wildman–Crippen MR) is 60.2 cm³/mol. The first-order chi connectivity index (χ1) is 7.48. The Kier molecular flexibility index (Phi) is 2.52. The van der Waals surface area contributed by atoms with Crippen LogP contribution in [-0.4, -0.2) is 20.0 Å². The molecule has 2 heterocycles. The zero-order valence-electron chi connectivity index (χ0n) is 7.88. The lowest BCUT2D eigenvalue weighted by molar-refractivity contribution is -0.114. The number of nitrogens with zero attached hydrogens (tertiary/aromatic N) is 1. The van der Waals surface area contributed by atoms with Gasteiger partial charge in [0.05, 0.1) is 10.6 Å². The molecule has 1 aliphatic rings. The second-order valence-corrected chi connectivity index (χ2v) is 5.24. The third-order valence-corrected chi connectivity index (χ3v) is 3.58. The number of nitrogens with one attached hydrogen (secondary N) is 1. The fourth-order valence-corrected chi connectivity index (χ4v) is 2.78. The van der Waals surface area contributed by atoms with Gasteiger partial charge in [-0.25, -0.2) is 0 Å². The van der Waals surface area contributed by atoms with Crippen LogP contribution >= 0.6 is 11.3 Å². The molecule has 1 aromatic rings. The van der Waals surface area contributed by atoms with Gasteiger partial charge in [-0.15, -0.1) is 15.7 Å². The summed E-state index contributed by atoms with van der Waals surface area (Å²) in [7, 11) is -3.88. The van der Waals surface area contributed by atoms with Gasteiger partial charge < -0.3 is 5.73 Å². The highest BCUT2D eigenvalue weighted by molar-refractivity contribution is 7.88. The molecular formula is C8H7N3O3S2. The number of nitrogens with two attached hydrogens (primary N) is 1. The Bertz CT molecular complexity index is 584. The number of thiophene rings is 1. The van der Waals surface area contributed by atoms with Crippen molar-refractivity contribution in [2.75, 3.05) is 0 Å². The topological polar surface area (TPSA) is 102 Å². The minimum Gasteiger partial charge on any atom is -0.364 e. The van der Waals surface area contributed by atoms with Gasteiger partial charge >= 0.3 is 10.2 Å². The molecule has 0 radical (unpaired) electrons. The number of hydrogen-bond acceptors (Lipinski definition) is 4. The fourth-order valence-electron chi connectivity index (χ4n) is 1.15. The molecule has 1 amide bonds. The van der Waals surface area contributed by atoms with Gasteiger partial charge in [0.15, 0.2) is 0 Å². The molecule has 84 valence electrons. The minimum absolute atomic E-state index is 0.182. The van der Waals surface area contributed by atoms with Gasteiger partial charge in [0.25, 0.3) is 5.91 Å². The smallest absolute Gasteiger partial charge is 0.343 e. The van der Waals surface area contributed by atoms with Crippen molar-refractivity contribution in [3.63, 3.8) is 0 Å². The lowest BCUT2D eigenvalue weighted by Gasteiger charge is -2.11. The Morgan fingerprint density at radius 1 is 1.50 bits per heavy atom. The highest BCUT2D eigenvalue weighted by atomic mass is 32.2. The molecule has 0 aliphatic carbocycles. The van der Waals surface area contributed by atoms with E-state index in [1.807, 2.05) is 4.72 Å². The average molecular weight is 257 g/mol. The van der Waals surface area contributed by atoms with Gasteiger partial charge in [-0.1, -0.05) is 6.07 Å². The van der Waals surface area contributed by atoms with E-state index in [0.29, 0.717) is 4.88 Å². The second-order valence-electron chi connectivity index (χ2n) is 2.95. The lowest BCUT2D eigenvalue weighted by atomic mass is 10.2. The van der Waals surface area contributed by atoms with Crippen LogP contribution < -0.4 is 10.5 Å². The molecule has 0 spiro atoms. The minimum atomic E-state index is -3.88. The average Bonchev–Trinajstić information content (AvgIpc) is 2.67. The van der Waals surface area contributed by atoms with Crippen molar-refractivity contribution in [3.8, 4) is 0 Å². The maximum atomic E-state index is 11.3. The monoisotopic (exact) mass is 257 g/mol. The van der Waals surface area contributed by atoms with Crippen LogP contribution in [0.2, 0.25) is 0 Å². The van der Waals surface area contributed by atoms with Crippen molar-refractivity contribution in [2.24, 2.45) is 10.1 Å². The SMILES string of the molecule is NC(=O)C1=CC(c2cccs2)=NS(=O)(=O)N1. The molecule has 16 heavy (non-hydrogen) atoms. The Hall–Kier alpha value is -1.67. The number of carbonyl (C=O) groups excluding carboxylic acids is 1. The number of hydrogen-bond donors (Lipinski definition) is 2. The van der Waals surface area contributed by atoms with Gasteiger partial charge in [-0.2, -0.15) is 8.42 Å². The first-order valence-electron chi connectivity index (χ1n) is 4.16. The molecule has 3 N–H and O–H groups in total. The number of carbonyl (C=O) groups is 1. The molecule has 0 bridgehead atoms. The van der Waals surface area contributed by atoms with Gasteiger partial charge in [0, 0.05) is 0 Å². The van der Waals surface area contributed by atoms with Crippen LogP contribution in [0.15, 0.2) is 33.7 Å². The predicted octanol–water partition coefficient (Wildman–Crippen LogP) is -0.246. The summed E-state index contributed by atoms with van der Waals surface area (Å²) in [6, 6.07) is 3.47. The summed E-state index contributed by atoms with van der Waals surface area (Å²) in [4.78, 5) is 11.6. The van der Waals surface area contributed by atoms with Crippen molar-refractivity contribution in [3.05, 3.63) is 34.2 Å². The molecular weight excluding hydrogens is 250 g/mol. The summed E-state index contributed by atoms with van der Waals surface area (Å²) < 4.78 is 28.1. The highest BCUT2D eigenvalue weighted by Crippen LogP contribution is 2.15. The van der Waals surface area contributed by atoms with E-state index < -0.39 is 16.1 Å². The Morgan fingerprint density at radius 2 is 2.25 bits per heavy atom. The van der Waals surface area contributed by atoms with E-state index >= 15 is 0 Å². The first-order valence-corrected chi connectivity index (χ1v) is 6.48. The van der Waals surface area contributed by atoms with E-state index in [1.165, 1.54) is 17.4 Å². The first kappa shape index (κ1) is 10.8. The molecule has 0 atom stereocenters. The quantitative estimate of drug-likeness (QED) is 0.764. The molecule has 0 aromatic carbocycles. The van der Waals surface area contributed by atoms with Crippen LogP contribution in [0.25, 0.3) is 0 Å². The standard InChI is InChI=1S/C8H7N3O3S2/c9-8(12)6-4-5(7-2-1-3-15-7)10-16(13,14)11-6/h1-4,11H,(H2,9,12). The highest BCUT2D eigenvalue weighted by Gasteiger charge is 2.22. The van der Waals surface area contributed by atoms with Crippen molar-refractivity contribution in [2.45, 2.75) is 0 Å². The van der Waals surface area contributed by atoms with Crippen LogP contribution in [0.3, 0.4) is 0 Å². The van der Waals surface area contributed by atoms with Crippen molar-refractivity contribution in [1.82, 2.24) is 4.72 Å². The largest absolute Gasteiger partial charge is 0.364 e. The van der Waals surface area contributed by atoms with E-state index in [4.69, 9.17) is 5.73 Å². The molecule has 0 fully saturated rings. The maximum Gasteiger partial charge on any atom is 0.343 e. The van der Waals surface area contributed by atoms with E-state index in [2.05, 4.69) is 4.40 Å². The molecule has 0 saturated heterocycles. The molecule has 2 rings (SSSR count). The zero-order valence-corrected chi connectivity index (χ0v) is 9.51. The van der Waals surface area contributed by atoms with E-state index in [1.54, 1.807) is 17.5 Å². The summed E-state index contributed by atoms with van der Waals surface area (Å²) in [6.45, 7) is 0. The van der Waals surface area contributed by atoms with Crippen LogP contribution in [0.1, 0.15) is 4.88 Å². The second kappa shape index (κ2) is 3.72. The van der Waals surface area contributed by atoms with Crippen LogP contribution in [0.4, 0.5) is 0 Å². The van der Waals surface area contributed by atoms with Gasteiger partial charge in [-0.3, -0.25) is 9.52 Å². The third-order valence-electron chi connectivity index (χ3n) is 1.78. The van der Waals surface area contributed by atoms with Gasteiger partial charge in [0.2, 0.25) is 0 Å². The van der Waals surface area contributed by atoms with Gasteiger partial charge in [-0.05, 0) is 17.5 Å².